The van der Waals surface area contributed by atoms with Crippen molar-refractivity contribution < 1.29 is 9.53 Å². The molecule has 0 saturated carbocycles. The highest BCUT2D eigenvalue weighted by molar-refractivity contribution is 7.99. The average molecular weight is 436 g/mol. The van der Waals surface area contributed by atoms with Gasteiger partial charge in [-0.3, -0.25) is 14.4 Å². The largest absolute Gasteiger partial charge is 0.379 e. The standard InChI is InChI=1S/C22H37N5O2S/c1-4-27-19-6-5-17(23-16-22(2,3)26-7-11-29-12-8-26)15-18(19)20(24-27)21(28)25-9-13-30-14-10-25/h17,23H,4-16H2,1-3H3. The van der Waals surface area contributed by atoms with Crippen molar-refractivity contribution in [2.24, 2.45) is 0 Å². The summed E-state index contributed by atoms with van der Waals surface area (Å²) in [5.41, 5.74) is 3.27. The third-order valence-electron chi connectivity index (χ3n) is 6.84. The van der Waals surface area contributed by atoms with E-state index in [2.05, 4.69) is 35.7 Å². The number of rotatable bonds is 6. The molecule has 1 aliphatic carbocycles. The van der Waals surface area contributed by atoms with Gasteiger partial charge in [-0.2, -0.15) is 16.9 Å². The Balaban J connectivity index is 1.44. The number of hydrogen-bond donors (Lipinski definition) is 1. The molecule has 7 nitrogen and oxygen atoms in total. The molecular formula is C22H37N5O2S. The van der Waals surface area contributed by atoms with Gasteiger partial charge in [-0.15, -0.1) is 0 Å². The maximum absolute atomic E-state index is 13.2. The monoisotopic (exact) mass is 435 g/mol. The SMILES string of the molecule is CCn1nc(C(=O)N2CCSCC2)c2c1CCC(NCC(C)(C)N1CCOCC1)C2. The van der Waals surface area contributed by atoms with E-state index < -0.39 is 0 Å². The number of carbonyl (C=O) groups is 1. The summed E-state index contributed by atoms with van der Waals surface area (Å²) in [6, 6.07) is 0.399. The Morgan fingerprint density at radius 3 is 2.67 bits per heavy atom. The zero-order chi connectivity index (χ0) is 21.1. The van der Waals surface area contributed by atoms with Crippen LogP contribution in [-0.2, 0) is 24.1 Å². The summed E-state index contributed by atoms with van der Waals surface area (Å²) in [5, 5.41) is 8.60. The number of carbonyl (C=O) groups excluding carboxylic acids is 1. The fourth-order valence-electron chi connectivity index (χ4n) is 4.89. The molecule has 2 saturated heterocycles. The normalized spacial score (nSPS) is 23.4. The van der Waals surface area contributed by atoms with Crippen LogP contribution in [0.25, 0.3) is 0 Å². The van der Waals surface area contributed by atoms with Gasteiger partial charge in [0.15, 0.2) is 5.69 Å². The van der Waals surface area contributed by atoms with E-state index in [0.717, 1.165) is 83.3 Å². The summed E-state index contributed by atoms with van der Waals surface area (Å²) in [5.74, 6) is 2.19. The van der Waals surface area contributed by atoms with Gasteiger partial charge in [0.25, 0.3) is 5.91 Å². The Labute approximate surface area is 184 Å². The molecule has 1 unspecified atom stereocenters. The molecule has 1 atom stereocenters. The lowest BCUT2D eigenvalue weighted by atomic mass is 9.90. The fraction of sp³-hybridized carbons (Fsp3) is 0.818. The number of amides is 1. The number of ether oxygens (including phenoxy) is 1. The second kappa shape index (κ2) is 9.59. The van der Waals surface area contributed by atoms with Crippen LogP contribution >= 0.6 is 11.8 Å². The van der Waals surface area contributed by atoms with Crippen LogP contribution in [0.15, 0.2) is 0 Å². The molecule has 8 heteroatoms. The van der Waals surface area contributed by atoms with Crippen molar-refractivity contribution in [1.29, 1.82) is 0 Å². The highest BCUT2D eigenvalue weighted by Crippen LogP contribution is 2.27. The van der Waals surface area contributed by atoms with Crippen molar-refractivity contribution in [3.05, 3.63) is 17.0 Å². The minimum absolute atomic E-state index is 0.0990. The third kappa shape index (κ3) is 4.71. The summed E-state index contributed by atoms with van der Waals surface area (Å²) < 4.78 is 7.58. The van der Waals surface area contributed by atoms with Gasteiger partial charge in [-0.05, 0) is 40.0 Å². The Morgan fingerprint density at radius 1 is 1.23 bits per heavy atom. The van der Waals surface area contributed by atoms with Gasteiger partial charge in [-0.1, -0.05) is 0 Å². The van der Waals surface area contributed by atoms with Crippen LogP contribution in [0.1, 0.15) is 48.9 Å². The van der Waals surface area contributed by atoms with E-state index in [-0.39, 0.29) is 11.4 Å². The highest BCUT2D eigenvalue weighted by Gasteiger charge is 2.33. The molecule has 2 aliphatic heterocycles. The number of fused-ring (bicyclic) bond motifs is 1. The van der Waals surface area contributed by atoms with Crippen LogP contribution in [0.5, 0.6) is 0 Å². The summed E-state index contributed by atoms with van der Waals surface area (Å²) in [6.07, 6.45) is 3.00. The molecule has 3 aliphatic rings. The molecule has 1 amide bonds. The van der Waals surface area contributed by atoms with Crippen molar-refractivity contribution in [3.63, 3.8) is 0 Å². The van der Waals surface area contributed by atoms with E-state index in [4.69, 9.17) is 9.84 Å². The summed E-state index contributed by atoms with van der Waals surface area (Å²) in [4.78, 5) is 17.8. The summed E-state index contributed by atoms with van der Waals surface area (Å²) in [7, 11) is 0. The van der Waals surface area contributed by atoms with E-state index >= 15 is 0 Å². The summed E-state index contributed by atoms with van der Waals surface area (Å²) >= 11 is 1.93. The molecule has 0 aromatic carbocycles. The van der Waals surface area contributed by atoms with Crippen LogP contribution in [0.3, 0.4) is 0 Å². The molecular weight excluding hydrogens is 398 g/mol. The van der Waals surface area contributed by atoms with Gasteiger partial charge in [0.05, 0.1) is 13.2 Å². The van der Waals surface area contributed by atoms with E-state index in [9.17, 15) is 4.79 Å². The highest BCUT2D eigenvalue weighted by atomic mass is 32.2. The van der Waals surface area contributed by atoms with Gasteiger partial charge in [0, 0.05) is 73.6 Å². The van der Waals surface area contributed by atoms with E-state index in [0.29, 0.717) is 11.7 Å². The molecule has 1 N–H and O–H groups in total. The molecule has 0 bridgehead atoms. The predicted octanol–water partition coefficient (Wildman–Crippen LogP) is 1.65. The zero-order valence-corrected chi connectivity index (χ0v) is 19.6. The average Bonchev–Trinajstić information content (AvgIpc) is 3.16. The molecule has 2 fully saturated rings. The molecule has 1 aromatic rings. The Bertz CT molecular complexity index is 738. The van der Waals surface area contributed by atoms with Gasteiger partial charge in [0.2, 0.25) is 0 Å². The van der Waals surface area contributed by atoms with Gasteiger partial charge in [0.1, 0.15) is 0 Å². The Morgan fingerprint density at radius 2 is 1.97 bits per heavy atom. The minimum atomic E-state index is 0.0990. The van der Waals surface area contributed by atoms with Gasteiger partial charge < -0.3 is 15.0 Å². The van der Waals surface area contributed by atoms with Crippen LogP contribution in [-0.4, -0.2) is 94.5 Å². The third-order valence-corrected chi connectivity index (χ3v) is 7.78. The minimum Gasteiger partial charge on any atom is -0.379 e. The zero-order valence-electron chi connectivity index (χ0n) is 18.8. The van der Waals surface area contributed by atoms with E-state index in [1.54, 1.807) is 0 Å². The van der Waals surface area contributed by atoms with Crippen LogP contribution < -0.4 is 5.32 Å². The second-order valence-corrected chi connectivity index (χ2v) is 10.5. The molecule has 4 rings (SSSR count). The molecule has 168 valence electrons. The number of aryl methyl sites for hydroxylation is 1. The van der Waals surface area contributed by atoms with E-state index in [1.165, 1.54) is 11.3 Å². The van der Waals surface area contributed by atoms with Crippen molar-refractivity contribution in [3.8, 4) is 0 Å². The quantitative estimate of drug-likeness (QED) is 0.733. The van der Waals surface area contributed by atoms with Gasteiger partial charge >= 0.3 is 0 Å². The second-order valence-electron chi connectivity index (χ2n) is 9.23. The van der Waals surface area contributed by atoms with Crippen molar-refractivity contribution in [2.45, 2.75) is 58.2 Å². The molecule has 0 radical (unpaired) electrons. The first-order chi connectivity index (χ1) is 14.5. The molecule has 30 heavy (non-hydrogen) atoms. The molecule has 0 spiro atoms. The van der Waals surface area contributed by atoms with Crippen LogP contribution in [0.2, 0.25) is 0 Å². The first kappa shape index (κ1) is 22.1. The topological polar surface area (TPSA) is 62.6 Å². The molecule has 1 aromatic heterocycles. The van der Waals surface area contributed by atoms with Crippen LogP contribution in [0, 0.1) is 0 Å². The maximum Gasteiger partial charge on any atom is 0.274 e. The Hall–Kier alpha value is -1.09. The van der Waals surface area contributed by atoms with Crippen LogP contribution in [0.4, 0.5) is 0 Å². The number of morpholine rings is 1. The number of nitrogens with zero attached hydrogens (tertiary/aromatic N) is 4. The lowest BCUT2D eigenvalue weighted by Gasteiger charge is -2.42. The number of thioether (sulfide) groups is 1. The number of nitrogens with one attached hydrogen (secondary N) is 1. The fourth-order valence-corrected chi connectivity index (χ4v) is 5.79. The predicted molar refractivity (Wildman–Crippen MR) is 121 cm³/mol. The van der Waals surface area contributed by atoms with Crippen molar-refractivity contribution in [1.82, 2.24) is 24.9 Å². The maximum atomic E-state index is 13.2. The van der Waals surface area contributed by atoms with Crippen molar-refractivity contribution >= 4 is 17.7 Å². The smallest absolute Gasteiger partial charge is 0.274 e. The van der Waals surface area contributed by atoms with Crippen molar-refractivity contribution in [2.75, 3.05) is 57.4 Å². The lowest BCUT2D eigenvalue weighted by molar-refractivity contribution is -0.0104. The van der Waals surface area contributed by atoms with Gasteiger partial charge in [-0.25, -0.2) is 0 Å². The van der Waals surface area contributed by atoms with E-state index in [1.807, 2.05) is 16.7 Å². The summed E-state index contributed by atoms with van der Waals surface area (Å²) in [6.45, 7) is 13.9. The Kier molecular flexibility index (Phi) is 7.07. The number of aromatic nitrogens is 2. The first-order valence-electron chi connectivity index (χ1n) is 11.5. The lowest BCUT2D eigenvalue weighted by Crippen LogP contribution is -2.56. The first-order valence-corrected chi connectivity index (χ1v) is 12.7. The number of hydrogen-bond acceptors (Lipinski definition) is 6. The molecule has 3 heterocycles.